The van der Waals surface area contributed by atoms with Crippen LogP contribution >= 0.6 is 0 Å². The molecule has 2 aromatic rings. The summed E-state index contributed by atoms with van der Waals surface area (Å²) in [6.07, 6.45) is -0.615. The summed E-state index contributed by atoms with van der Waals surface area (Å²) in [4.78, 5) is 11.4. The van der Waals surface area contributed by atoms with Crippen molar-refractivity contribution in [3.05, 3.63) is 65.5 Å². The number of hydrogen-bond donors (Lipinski definition) is 2. The van der Waals surface area contributed by atoms with E-state index in [-0.39, 0.29) is 24.5 Å². The number of ether oxygens (including phenoxy) is 1. The first-order valence-corrected chi connectivity index (χ1v) is 6.57. The van der Waals surface area contributed by atoms with E-state index in [1.807, 2.05) is 30.3 Å². The smallest absolute Gasteiger partial charge is 0.408 e. The largest absolute Gasteiger partial charge is 0.507 e. The van der Waals surface area contributed by atoms with Gasteiger partial charge in [-0.05, 0) is 17.7 Å². The van der Waals surface area contributed by atoms with E-state index in [1.54, 1.807) is 0 Å². The summed E-state index contributed by atoms with van der Waals surface area (Å²) < 4.78 is 18.4. The molecule has 0 aliphatic heterocycles. The third-order valence-corrected chi connectivity index (χ3v) is 2.74. The van der Waals surface area contributed by atoms with Crippen LogP contribution in [0.5, 0.6) is 5.75 Å². The highest BCUT2D eigenvalue weighted by molar-refractivity contribution is 5.67. The standard InChI is InChI=1S/C17H14FNO3/c18-15-9-4-10-16(20)14(15)8-5-11-19-17(21)22-12-13-6-2-1-3-7-13/h1-4,6-7,9-10,20H,11-12H2,(H,19,21). The normalized spacial score (nSPS) is 9.50. The van der Waals surface area contributed by atoms with Crippen LogP contribution in [-0.2, 0) is 11.3 Å². The Labute approximate surface area is 127 Å². The fourth-order valence-corrected chi connectivity index (χ4v) is 1.66. The van der Waals surface area contributed by atoms with Gasteiger partial charge in [0.05, 0.1) is 6.54 Å². The van der Waals surface area contributed by atoms with Crippen molar-refractivity contribution in [1.29, 1.82) is 0 Å². The van der Waals surface area contributed by atoms with E-state index < -0.39 is 11.9 Å². The second-order valence-corrected chi connectivity index (χ2v) is 4.35. The van der Waals surface area contributed by atoms with Crippen LogP contribution in [0.2, 0.25) is 0 Å². The summed E-state index contributed by atoms with van der Waals surface area (Å²) in [5.41, 5.74) is 0.780. The molecule has 0 aliphatic carbocycles. The lowest BCUT2D eigenvalue weighted by molar-refractivity contribution is 0.141. The third-order valence-electron chi connectivity index (χ3n) is 2.74. The number of carbonyl (C=O) groups is 1. The molecule has 0 bridgehead atoms. The average molecular weight is 299 g/mol. The molecule has 2 N–H and O–H groups in total. The first-order valence-electron chi connectivity index (χ1n) is 6.57. The summed E-state index contributed by atoms with van der Waals surface area (Å²) in [5.74, 6) is 4.17. The number of phenolic OH excluding ortho intramolecular Hbond substituents is 1. The van der Waals surface area contributed by atoms with Crippen molar-refractivity contribution in [2.45, 2.75) is 6.61 Å². The molecule has 2 rings (SSSR count). The highest BCUT2D eigenvalue weighted by Gasteiger charge is 2.04. The Morgan fingerprint density at radius 2 is 1.95 bits per heavy atom. The molecular formula is C17H14FNO3. The Bertz CT molecular complexity index is 685. The maximum absolute atomic E-state index is 13.4. The summed E-state index contributed by atoms with van der Waals surface area (Å²) in [6, 6.07) is 13.2. The number of hydrogen-bond acceptors (Lipinski definition) is 3. The second kappa shape index (κ2) is 7.70. The SMILES string of the molecule is O=C(NCC#Cc1c(O)cccc1F)OCc1ccccc1. The van der Waals surface area contributed by atoms with Gasteiger partial charge in [0.1, 0.15) is 23.7 Å². The van der Waals surface area contributed by atoms with Crippen molar-refractivity contribution in [3.63, 3.8) is 0 Å². The van der Waals surface area contributed by atoms with Crippen molar-refractivity contribution < 1.29 is 19.0 Å². The Balaban J connectivity index is 1.79. The first-order chi connectivity index (χ1) is 10.7. The number of carbonyl (C=O) groups excluding carboxylic acids is 1. The molecule has 2 aromatic carbocycles. The number of alkyl carbamates (subject to hydrolysis) is 1. The molecule has 0 aromatic heterocycles. The van der Waals surface area contributed by atoms with Crippen molar-refractivity contribution in [2.24, 2.45) is 0 Å². The maximum atomic E-state index is 13.4. The van der Waals surface area contributed by atoms with Gasteiger partial charge in [-0.3, -0.25) is 0 Å². The number of rotatable bonds is 3. The van der Waals surface area contributed by atoms with Gasteiger partial charge < -0.3 is 15.2 Å². The number of phenols is 1. The Hall–Kier alpha value is -3.00. The van der Waals surface area contributed by atoms with Gasteiger partial charge >= 0.3 is 6.09 Å². The van der Waals surface area contributed by atoms with Crippen LogP contribution in [0.25, 0.3) is 0 Å². The second-order valence-electron chi connectivity index (χ2n) is 4.35. The van der Waals surface area contributed by atoms with Crippen molar-refractivity contribution >= 4 is 6.09 Å². The Morgan fingerprint density at radius 1 is 1.18 bits per heavy atom. The van der Waals surface area contributed by atoms with Crippen molar-refractivity contribution in [2.75, 3.05) is 6.54 Å². The van der Waals surface area contributed by atoms with Crippen LogP contribution in [0.15, 0.2) is 48.5 Å². The minimum absolute atomic E-state index is 0.0125. The molecule has 5 heteroatoms. The molecule has 0 aliphatic rings. The number of halogens is 1. The van der Waals surface area contributed by atoms with E-state index in [9.17, 15) is 14.3 Å². The quantitative estimate of drug-likeness (QED) is 0.857. The summed E-state index contributed by atoms with van der Waals surface area (Å²) in [7, 11) is 0. The predicted octanol–water partition coefficient (Wildman–Crippen LogP) is 2.81. The van der Waals surface area contributed by atoms with Gasteiger partial charge in [0.25, 0.3) is 0 Å². The summed E-state index contributed by atoms with van der Waals surface area (Å²) >= 11 is 0. The Kier molecular flexibility index (Phi) is 5.38. The molecular weight excluding hydrogens is 285 g/mol. The highest BCUT2D eigenvalue weighted by atomic mass is 19.1. The van der Waals surface area contributed by atoms with E-state index in [1.165, 1.54) is 18.2 Å². The van der Waals surface area contributed by atoms with Gasteiger partial charge in [0.15, 0.2) is 0 Å². The molecule has 0 saturated carbocycles. The van der Waals surface area contributed by atoms with Crippen LogP contribution in [0.3, 0.4) is 0 Å². The van der Waals surface area contributed by atoms with Crippen molar-refractivity contribution in [1.82, 2.24) is 5.32 Å². The zero-order chi connectivity index (χ0) is 15.8. The van der Waals surface area contributed by atoms with Gasteiger partial charge in [0, 0.05) is 0 Å². The Morgan fingerprint density at radius 3 is 2.68 bits per heavy atom. The van der Waals surface area contributed by atoms with E-state index in [2.05, 4.69) is 17.2 Å². The number of aromatic hydroxyl groups is 1. The lowest BCUT2D eigenvalue weighted by atomic mass is 10.2. The first kappa shape index (κ1) is 15.4. The number of nitrogens with one attached hydrogen (secondary N) is 1. The molecule has 0 unspecified atom stereocenters. The molecule has 4 nitrogen and oxygen atoms in total. The lowest BCUT2D eigenvalue weighted by Gasteiger charge is -2.04. The summed E-state index contributed by atoms with van der Waals surface area (Å²) in [5, 5.41) is 11.9. The van der Waals surface area contributed by atoms with E-state index in [0.717, 1.165) is 5.56 Å². The molecule has 0 fully saturated rings. The zero-order valence-corrected chi connectivity index (χ0v) is 11.7. The topological polar surface area (TPSA) is 58.6 Å². The van der Waals surface area contributed by atoms with Gasteiger partial charge in [-0.2, -0.15) is 0 Å². The van der Waals surface area contributed by atoms with Gasteiger partial charge in [-0.1, -0.05) is 48.2 Å². The predicted molar refractivity (Wildman–Crippen MR) is 79.6 cm³/mol. The maximum Gasteiger partial charge on any atom is 0.408 e. The van der Waals surface area contributed by atoms with Gasteiger partial charge in [-0.25, -0.2) is 9.18 Å². The van der Waals surface area contributed by atoms with Gasteiger partial charge in [-0.15, -0.1) is 0 Å². The van der Waals surface area contributed by atoms with Crippen LogP contribution in [-0.4, -0.2) is 17.7 Å². The fourth-order valence-electron chi connectivity index (χ4n) is 1.66. The van der Waals surface area contributed by atoms with Crippen LogP contribution in [0.1, 0.15) is 11.1 Å². The van der Waals surface area contributed by atoms with E-state index in [4.69, 9.17) is 4.74 Å². The monoisotopic (exact) mass is 299 g/mol. The van der Waals surface area contributed by atoms with E-state index >= 15 is 0 Å². The molecule has 0 saturated heterocycles. The van der Waals surface area contributed by atoms with Crippen LogP contribution in [0.4, 0.5) is 9.18 Å². The molecule has 0 spiro atoms. The van der Waals surface area contributed by atoms with E-state index in [0.29, 0.717) is 0 Å². The van der Waals surface area contributed by atoms with Crippen molar-refractivity contribution in [3.8, 4) is 17.6 Å². The molecule has 0 atom stereocenters. The molecule has 1 amide bonds. The molecule has 22 heavy (non-hydrogen) atoms. The summed E-state index contributed by atoms with van der Waals surface area (Å²) in [6.45, 7) is 0.148. The fraction of sp³-hybridized carbons (Fsp3) is 0.118. The third kappa shape index (κ3) is 4.53. The minimum Gasteiger partial charge on any atom is -0.507 e. The molecule has 0 radical (unpaired) electrons. The molecule has 112 valence electrons. The van der Waals surface area contributed by atoms with Crippen LogP contribution < -0.4 is 5.32 Å². The number of benzene rings is 2. The highest BCUT2D eigenvalue weighted by Crippen LogP contribution is 2.17. The van der Waals surface area contributed by atoms with Gasteiger partial charge in [0.2, 0.25) is 0 Å². The van der Waals surface area contributed by atoms with Crippen LogP contribution in [0, 0.1) is 17.7 Å². The molecule has 0 heterocycles. The minimum atomic E-state index is -0.615. The number of amides is 1. The zero-order valence-electron chi connectivity index (χ0n) is 11.7. The average Bonchev–Trinajstić information content (AvgIpc) is 2.53. The lowest BCUT2D eigenvalue weighted by Crippen LogP contribution is -2.24.